The molecule has 0 radical (unpaired) electrons. The fraction of sp³-hybridized carbons (Fsp3) is 0.182. The molecule has 1 aromatic heterocycles. The minimum Gasteiger partial charge on any atom is -0.461 e. The Kier molecular flexibility index (Phi) is 2.83. The van der Waals surface area contributed by atoms with Gasteiger partial charge in [0.25, 0.3) is 0 Å². The van der Waals surface area contributed by atoms with E-state index < -0.39 is 11.8 Å². The zero-order chi connectivity index (χ0) is 11.7. The van der Waals surface area contributed by atoms with Gasteiger partial charge in [-0.05, 0) is 25.1 Å². The zero-order valence-electron chi connectivity index (χ0n) is 8.51. The lowest BCUT2D eigenvalue weighted by atomic mass is 10.2. The fourth-order valence-electron chi connectivity index (χ4n) is 1.45. The average molecular weight is 242 g/mol. The number of fused-ring (bicyclic) bond motifs is 1. The Morgan fingerprint density at radius 2 is 2.25 bits per heavy atom. The molecule has 0 fully saturated rings. The highest BCUT2D eigenvalue weighted by Gasteiger charge is 2.11. The van der Waals surface area contributed by atoms with Gasteiger partial charge in [-0.25, -0.2) is 9.18 Å². The van der Waals surface area contributed by atoms with Gasteiger partial charge in [0.05, 0.1) is 11.6 Å². The van der Waals surface area contributed by atoms with E-state index in [1.165, 1.54) is 12.1 Å². The van der Waals surface area contributed by atoms with Gasteiger partial charge in [-0.15, -0.1) is 0 Å². The van der Waals surface area contributed by atoms with E-state index in [1.54, 1.807) is 13.0 Å². The number of ether oxygens (including phenoxy) is 1. The van der Waals surface area contributed by atoms with Crippen LogP contribution in [0.25, 0.3) is 10.9 Å². The molecule has 0 aliphatic rings. The highest BCUT2D eigenvalue weighted by atomic mass is 35.5. The van der Waals surface area contributed by atoms with Crippen LogP contribution in [0, 0.1) is 5.82 Å². The summed E-state index contributed by atoms with van der Waals surface area (Å²) in [4.78, 5) is 14.2. The molecule has 3 nitrogen and oxygen atoms in total. The number of nitrogens with one attached hydrogen (secondary N) is 1. The van der Waals surface area contributed by atoms with Crippen LogP contribution >= 0.6 is 11.6 Å². The van der Waals surface area contributed by atoms with Gasteiger partial charge in [0, 0.05) is 10.9 Å². The molecule has 2 aromatic rings. The summed E-state index contributed by atoms with van der Waals surface area (Å²) in [5, 5.41) is 0.705. The molecule has 0 atom stereocenters. The van der Waals surface area contributed by atoms with E-state index >= 15 is 0 Å². The molecule has 0 spiro atoms. The summed E-state index contributed by atoms with van der Waals surface area (Å²) in [7, 11) is 0. The Morgan fingerprint density at radius 1 is 1.50 bits per heavy atom. The maximum atomic E-state index is 13.1. The smallest absolute Gasteiger partial charge is 0.354 e. The number of aromatic amines is 1. The van der Waals surface area contributed by atoms with Crippen molar-refractivity contribution >= 4 is 28.5 Å². The van der Waals surface area contributed by atoms with Crippen molar-refractivity contribution in [3.05, 3.63) is 34.7 Å². The second-order valence-electron chi connectivity index (χ2n) is 3.26. The van der Waals surface area contributed by atoms with E-state index in [0.717, 1.165) is 0 Å². The molecule has 84 valence electrons. The lowest BCUT2D eigenvalue weighted by molar-refractivity contribution is 0.0520. The fourth-order valence-corrected chi connectivity index (χ4v) is 1.62. The molecule has 1 heterocycles. The molecule has 5 heteroatoms. The predicted octanol–water partition coefficient (Wildman–Crippen LogP) is 3.14. The lowest BCUT2D eigenvalue weighted by Gasteiger charge is -1.96. The molecule has 0 amide bonds. The van der Waals surface area contributed by atoms with Crippen LogP contribution < -0.4 is 0 Å². The Hall–Kier alpha value is -1.55. The van der Waals surface area contributed by atoms with Crippen molar-refractivity contribution in [3.8, 4) is 0 Å². The van der Waals surface area contributed by atoms with Crippen LogP contribution in [0.5, 0.6) is 0 Å². The average Bonchev–Trinajstić information content (AvgIpc) is 2.62. The second-order valence-corrected chi connectivity index (χ2v) is 3.66. The molecular formula is C11H9ClFNO2. The molecule has 2 rings (SSSR count). The molecule has 0 unspecified atom stereocenters. The Balaban J connectivity index is 2.48. The van der Waals surface area contributed by atoms with Gasteiger partial charge in [-0.2, -0.15) is 0 Å². The van der Waals surface area contributed by atoms with E-state index in [4.69, 9.17) is 16.3 Å². The maximum Gasteiger partial charge on any atom is 0.354 e. The van der Waals surface area contributed by atoms with Crippen LogP contribution in [-0.2, 0) is 4.74 Å². The molecule has 0 saturated carbocycles. The normalized spacial score (nSPS) is 10.7. The summed E-state index contributed by atoms with van der Waals surface area (Å²) in [6.07, 6.45) is 0. The van der Waals surface area contributed by atoms with Gasteiger partial charge in [0.1, 0.15) is 11.5 Å². The second kappa shape index (κ2) is 4.14. The topological polar surface area (TPSA) is 42.1 Å². The zero-order valence-corrected chi connectivity index (χ0v) is 9.27. The number of aromatic nitrogens is 1. The van der Waals surface area contributed by atoms with Crippen molar-refractivity contribution in [1.82, 2.24) is 4.98 Å². The van der Waals surface area contributed by atoms with Gasteiger partial charge in [-0.1, -0.05) is 11.6 Å². The number of carbonyl (C=O) groups is 1. The molecule has 0 aliphatic carbocycles. The number of halogens is 2. The molecule has 0 saturated heterocycles. The van der Waals surface area contributed by atoms with Crippen LogP contribution in [0.2, 0.25) is 5.02 Å². The minimum absolute atomic E-state index is 0.0295. The van der Waals surface area contributed by atoms with Crippen molar-refractivity contribution in [2.24, 2.45) is 0 Å². The van der Waals surface area contributed by atoms with Crippen LogP contribution in [-0.4, -0.2) is 17.6 Å². The third kappa shape index (κ3) is 1.88. The summed E-state index contributed by atoms with van der Waals surface area (Å²) in [6, 6.07) is 4.30. The van der Waals surface area contributed by atoms with Gasteiger partial charge in [-0.3, -0.25) is 0 Å². The monoisotopic (exact) mass is 241 g/mol. The number of benzene rings is 1. The number of rotatable bonds is 2. The van der Waals surface area contributed by atoms with Gasteiger partial charge in [0.2, 0.25) is 0 Å². The van der Waals surface area contributed by atoms with Gasteiger partial charge < -0.3 is 9.72 Å². The summed E-state index contributed by atoms with van der Waals surface area (Å²) in [5.74, 6) is -0.985. The minimum atomic E-state index is -0.522. The van der Waals surface area contributed by atoms with Crippen molar-refractivity contribution in [1.29, 1.82) is 0 Å². The van der Waals surface area contributed by atoms with Gasteiger partial charge in [0.15, 0.2) is 0 Å². The Morgan fingerprint density at radius 3 is 2.94 bits per heavy atom. The van der Waals surface area contributed by atoms with E-state index in [0.29, 0.717) is 23.2 Å². The van der Waals surface area contributed by atoms with E-state index in [-0.39, 0.29) is 5.02 Å². The molecular weight excluding hydrogens is 233 g/mol. The highest BCUT2D eigenvalue weighted by molar-refractivity contribution is 6.31. The van der Waals surface area contributed by atoms with Crippen LogP contribution in [0.4, 0.5) is 4.39 Å². The lowest BCUT2D eigenvalue weighted by Crippen LogP contribution is -2.04. The first kappa shape index (κ1) is 11.0. The molecule has 1 N–H and O–H groups in total. The van der Waals surface area contributed by atoms with E-state index in [2.05, 4.69) is 4.98 Å². The molecule has 1 aromatic carbocycles. The molecule has 16 heavy (non-hydrogen) atoms. The number of hydrogen-bond donors (Lipinski definition) is 1. The largest absolute Gasteiger partial charge is 0.461 e. The number of H-pyrrole nitrogens is 1. The number of hydrogen-bond acceptors (Lipinski definition) is 2. The number of carbonyl (C=O) groups excluding carboxylic acids is 1. The summed E-state index contributed by atoms with van der Waals surface area (Å²) in [5.41, 5.74) is 0.809. The quantitative estimate of drug-likeness (QED) is 0.821. The number of esters is 1. The first-order valence-electron chi connectivity index (χ1n) is 4.76. The molecule has 0 aliphatic heterocycles. The Bertz CT molecular complexity index is 511. The summed E-state index contributed by atoms with van der Waals surface area (Å²) < 4.78 is 18.0. The predicted molar refractivity (Wildman–Crippen MR) is 59.2 cm³/mol. The molecule has 0 bridgehead atoms. The SMILES string of the molecule is CCOC(=O)c1cc2cc(Cl)c(F)cc2[nH]1. The van der Waals surface area contributed by atoms with E-state index in [9.17, 15) is 9.18 Å². The maximum absolute atomic E-state index is 13.1. The van der Waals surface area contributed by atoms with Crippen LogP contribution in [0.1, 0.15) is 17.4 Å². The first-order chi connectivity index (χ1) is 7.61. The Labute approximate surface area is 96.2 Å². The highest BCUT2D eigenvalue weighted by Crippen LogP contribution is 2.23. The van der Waals surface area contributed by atoms with E-state index in [1.807, 2.05) is 0 Å². The standard InChI is InChI=1S/C11H9ClFNO2/c1-2-16-11(15)10-4-6-3-7(12)8(13)5-9(6)14-10/h3-5,14H,2H2,1H3. The van der Waals surface area contributed by atoms with Crippen LogP contribution in [0.3, 0.4) is 0 Å². The third-order valence-electron chi connectivity index (χ3n) is 2.16. The van der Waals surface area contributed by atoms with Crippen molar-refractivity contribution < 1.29 is 13.9 Å². The van der Waals surface area contributed by atoms with Crippen molar-refractivity contribution in [3.63, 3.8) is 0 Å². The summed E-state index contributed by atoms with van der Waals surface area (Å²) >= 11 is 5.63. The van der Waals surface area contributed by atoms with Gasteiger partial charge >= 0.3 is 5.97 Å². The first-order valence-corrected chi connectivity index (χ1v) is 5.14. The van der Waals surface area contributed by atoms with Crippen LogP contribution in [0.15, 0.2) is 18.2 Å². The van der Waals surface area contributed by atoms with Crippen molar-refractivity contribution in [2.45, 2.75) is 6.92 Å². The third-order valence-corrected chi connectivity index (χ3v) is 2.45. The summed E-state index contributed by atoms with van der Waals surface area (Å²) in [6.45, 7) is 2.01. The van der Waals surface area contributed by atoms with Crippen molar-refractivity contribution in [2.75, 3.05) is 6.61 Å².